The lowest BCUT2D eigenvalue weighted by Gasteiger charge is -2.02. The van der Waals surface area contributed by atoms with E-state index in [4.69, 9.17) is 10.8 Å². The molecule has 0 unspecified atom stereocenters. The Morgan fingerprint density at radius 2 is 1.14 bits per heavy atom. The van der Waals surface area contributed by atoms with E-state index in [1.54, 1.807) is 24.3 Å². The summed E-state index contributed by atoms with van der Waals surface area (Å²) in [5.74, 6) is 0.463. The molecule has 3 aromatic carbocycles. The molecule has 4 heteroatoms. The highest BCUT2D eigenvalue weighted by molar-refractivity contribution is 6.17. The Balaban J connectivity index is 0.000000164. The molecule has 0 amide bonds. The van der Waals surface area contributed by atoms with Crippen molar-refractivity contribution in [3.05, 3.63) is 84.9 Å². The van der Waals surface area contributed by atoms with Crippen LogP contribution in [0.5, 0.6) is 5.75 Å². The van der Waals surface area contributed by atoms with Crippen LogP contribution in [0.3, 0.4) is 0 Å². The Morgan fingerprint density at radius 3 is 1.59 bits per heavy atom. The Hall–Kier alpha value is -2.72. The summed E-state index contributed by atoms with van der Waals surface area (Å²) in [6, 6.07) is 27.7. The first-order chi connectivity index (χ1) is 10.8. The van der Waals surface area contributed by atoms with Gasteiger partial charge < -0.3 is 15.4 Å². The lowest BCUT2D eigenvalue weighted by Crippen LogP contribution is -2.01. The van der Waals surface area contributed by atoms with Crippen molar-refractivity contribution >= 4 is 13.4 Å². The zero-order valence-electron chi connectivity index (χ0n) is 12.1. The summed E-state index contributed by atoms with van der Waals surface area (Å²) < 4.78 is 4.64. The van der Waals surface area contributed by atoms with E-state index in [2.05, 4.69) is 53.2 Å². The molecule has 3 aromatic rings. The fourth-order valence-corrected chi connectivity index (χ4v) is 1.91. The van der Waals surface area contributed by atoms with Crippen LogP contribution in [0.1, 0.15) is 0 Å². The van der Waals surface area contributed by atoms with Crippen molar-refractivity contribution in [1.29, 1.82) is 0 Å². The van der Waals surface area contributed by atoms with Gasteiger partial charge in [0.25, 0.3) is 0 Å². The summed E-state index contributed by atoms with van der Waals surface area (Å²) in [7, 11) is 0.603. The van der Waals surface area contributed by atoms with E-state index in [0.717, 1.165) is 0 Å². The van der Waals surface area contributed by atoms with Crippen molar-refractivity contribution in [2.75, 3.05) is 5.73 Å². The highest BCUT2D eigenvalue weighted by Gasteiger charge is 1.96. The minimum absolute atomic E-state index is 0.463. The maximum atomic E-state index is 8.24. The molecule has 22 heavy (non-hydrogen) atoms. The molecule has 0 aliphatic carbocycles. The normalized spacial score (nSPS) is 9.32. The molecule has 3 N–H and O–H groups in total. The predicted octanol–water partition coefficient (Wildman–Crippen LogP) is 3.53. The Morgan fingerprint density at radius 1 is 0.682 bits per heavy atom. The average molecular weight is 290 g/mol. The molecular weight excluding hydrogens is 273 g/mol. The molecule has 0 aromatic heterocycles. The number of nitrogen functional groups attached to an aromatic ring is 1. The Labute approximate surface area is 131 Å². The second-order valence-corrected chi connectivity index (χ2v) is 4.49. The smallest absolute Gasteiger partial charge is 0.536 e. The van der Waals surface area contributed by atoms with Crippen LogP contribution >= 0.6 is 0 Å². The van der Waals surface area contributed by atoms with Crippen LogP contribution in [0.4, 0.5) is 5.69 Å². The van der Waals surface area contributed by atoms with E-state index < -0.39 is 0 Å². The lowest BCUT2D eigenvalue weighted by atomic mass is 10.1. The molecule has 3 nitrogen and oxygen atoms in total. The number of hydrogen-bond acceptors (Lipinski definition) is 3. The van der Waals surface area contributed by atoms with E-state index in [-0.39, 0.29) is 0 Å². The maximum Gasteiger partial charge on any atom is 0.569 e. The molecule has 0 aliphatic rings. The van der Waals surface area contributed by atoms with E-state index in [9.17, 15) is 0 Å². The van der Waals surface area contributed by atoms with Crippen LogP contribution in [0.2, 0.25) is 0 Å². The van der Waals surface area contributed by atoms with Gasteiger partial charge in [0.1, 0.15) is 5.75 Å². The van der Waals surface area contributed by atoms with Gasteiger partial charge in [-0.25, -0.2) is 0 Å². The summed E-state index contributed by atoms with van der Waals surface area (Å²) in [6.07, 6.45) is 0. The molecule has 0 saturated carbocycles. The van der Waals surface area contributed by atoms with Gasteiger partial charge in [0.05, 0.1) is 5.69 Å². The van der Waals surface area contributed by atoms with Crippen molar-refractivity contribution in [3.63, 3.8) is 0 Å². The number of nitrogens with two attached hydrogens (primary N) is 1. The van der Waals surface area contributed by atoms with Crippen molar-refractivity contribution in [2.24, 2.45) is 0 Å². The van der Waals surface area contributed by atoms with Crippen LogP contribution < -0.4 is 10.4 Å². The minimum atomic E-state index is 0.463. The summed E-state index contributed by atoms with van der Waals surface area (Å²) in [6.45, 7) is 0. The van der Waals surface area contributed by atoms with Crippen molar-refractivity contribution in [2.45, 2.75) is 0 Å². The van der Waals surface area contributed by atoms with Crippen LogP contribution in [-0.2, 0) is 0 Å². The molecule has 3 rings (SSSR count). The SMILES string of the molecule is Nc1ccccc1O[B]O.c1ccc(-c2ccccc2)cc1. The van der Waals surface area contributed by atoms with Gasteiger partial charge in [-0.15, -0.1) is 0 Å². The largest absolute Gasteiger partial charge is 0.569 e. The zero-order chi connectivity index (χ0) is 15.6. The summed E-state index contributed by atoms with van der Waals surface area (Å²) in [5, 5.41) is 8.24. The van der Waals surface area contributed by atoms with E-state index in [1.807, 2.05) is 12.1 Å². The zero-order valence-corrected chi connectivity index (χ0v) is 12.1. The second-order valence-electron chi connectivity index (χ2n) is 4.49. The fraction of sp³-hybridized carbons (Fsp3) is 0. The van der Waals surface area contributed by atoms with Crippen LogP contribution in [-0.4, -0.2) is 12.7 Å². The molecule has 0 aliphatic heterocycles. The first-order valence-electron chi connectivity index (χ1n) is 6.89. The summed E-state index contributed by atoms with van der Waals surface area (Å²) in [5.41, 5.74) is 8.51. The van der Waals surface area contributed by atoms with E-state index in [0.29, 0.717) is 19.1 Å². The van der Waals surface area contributed by atoms with Gasteiger partial charge in [-0.2, -0.15) is 0 Å². The topological polar surface area (TPSA) is 55.5 Å². The fourth-order valence-electron chi connectivity index (χ4n) is 1.91. The van der Waals surface area contributed by atoms with Crippen LogP contribution in [0.25, 0.3) is 11.1 Å². The van der Waals surface area contributed by atoms with Crippen molar-refractivity contribution in [3.8, 4) is 16.9 Å². The van der Waals surface area contributed by atoms with Gasteiger partial charge in [0, 0.05) is 0 Å². The molecule has 0 fully saturated rings. The first-order valence-corrected chi connectivity index (χ1v) is 6.89. The molecule has 0 spiro atoms. The quantitative estimate of drug-likeness (QED) is 0.573. The van der Waals surface area contributed by atoms with Gasteiger partial charge in [0.2, 0.25) is 0 Å². The number of hydrogen-bond donors (Lipinski definition) is 2. The van der Waals surface area contributed by atoms with Crippen molar-refractivity contribution < 1.29 is 9.68 Å². The van der Waals surface area contributed by atoms with Gasteiger partial charge in [-0.05, 0) is 23.3 Å². The number of anilines is 1. The van der Waals surface area contributed by atoms with Gasteiger partial charge in [0.15, 0.2) is 0 Å². The highest BCUT2D eigenvalue weighted by atomic mass is 16.5. The third kappa shape index (κ3) is 4.68. The molecule has 1 radical (unpaired) electrons. The molecular formula is C18H17BNO2. The first kappa shape index (κ1) is 15.7. The van der Waals surface area contributed by atoms with Gasteiger partial charge in [-0.3, -0.25) is 0 Å². The highest BCUT2D eigenvalue weighted by Crippen LogP contribution is 2.18. The summed E-state index contributed by atoms with van der Waals surface area (Å²) in [4.78, 5) is 0. The van der Waals surface area contributed by atoms with Crippen molar-refractivity contribution in [1.82, 2.24) is 0 Å². The molecule has 0 heterocycles. The van der Waals surface area contributed by atoms with Gasteiger partial charge in [-0.1, -0.05) is 72.8 Å². The molecule has 0 atom stereocenters. The lowest BCUT2D eigenvalue weighted by molar-refractivity contribution is 0.455. The van der Waals surface area contributed by atoms with E-state index >= 15 is 0 Å². The maximum absolute atomic E-state index is 8.24. The second kappa shape index (κ2) is 8.54. The monoisotopic (exact) mass is 290 g/mol. The average Bonchev–Trinajstić information content (AvgIpc) is 2.59. The van der Waals surface area contributed by atoms with E-state index in [1.165, 1.54) is 11.1 Å². The Bertz CT molecular complexity index is 637. The molecule has 0 saturated heterocycles. The minimum Gasteiger partial charge on any atom is -0.536 e. The third-order valence-electron chi connectivity index (χ3n) is 2.98. The molecule has 0 bridgehead atoms. The Kier molecular flexibility index (Phi) is 6.09. The molecule has 109 valence electrons. The van der Waals surface area contributed by atoms with Crippen LogP contribution in [0, 0.1) is 0 Å². The predicted molar refractivity (Wildman–Crippen MR) is 91.3 cm³/mol. The summed E-state index contributed by atoms with van der Waals surface area (Å²) >= 11 is 0. The van der Waals surface area contributed by atoms with Crippen LogP contribution in [0.15, 0.2) is 84.9 Å². The standard InChI is InChI=1S/C12H10.C6H7BNO2/c1-3-7-11(8-4-1)12-9-5-2-6-10-12;8-5-3-1-2-4-6(5)10-7-9/h1-10H;1-4,9H,8H2. The third-order valence-corrected chi connectivity index (χ3v) is 2.98. The number of para-hydroxylation sites is 2. The number of rotatable bonds is 3. The number of benzene rings is 3. The van der Waals surface area contributed by atoms with Gasteiger partial charge >= 0.3 is 7.69 Å².